The summed E-state index contributed by atoms with van der Waals surface area (Å²) >= 11 is 0. The molecule has 0 fully saturated rings. The first kappa shape index (κ1) is 13.8. The van der Waals surface area contributed by atoms with E-state index in [-0.39, 0.29) is 11.5 Å². The maximum atomic E-state index is 13.5. The van der Waals surface area contributed by atoms with Crippen molar-refractivity contribution < 1.29 is 18.7 Å². The maximum Gasteiger partial charge on any atom is 0.340 e. The third-order valence-corrected chi connectivity index (χ3v) is 2.81. The van der Waals surface area contributed by atoms with Gasteiger partial charge < -0.3 is 14.6 Å². The Hall–Kier alpha value is -2.63. The van der Waals surface area contributed by atoms with E-state index in [0.717, 1.165) is 13.2 Å². The number of methoxy groups -OCH3 is 1. The van der Waals surface area contributed by atoms with Crippen LogP contribution in [0.2, 0.25) is 0 Å². The lowest BCUT2D eigenvalue weighted by molar-refractivity contribution is 0.0595. The van der Waals surface area contributed by atoms with Crippen LogP contribution in [0.3, 0.4) is 0 Å². The van der Waals surface area contributed by atoms with Crippen LogP contribution in [-0.4, -0.2) is 23.6 Å². The van der Waals surface area contributed by atoms with E-state index in [1.54, 1.807) is 29.9 Å². The molecule has 20 heavy (non-hydrogen) atoms. The number of anilines is 1. The van der Waals surface area contributed by atoms with Gasteiger partial charge in [0.05, 0.1) is 12.7 Å². The number of carbonyl (C=O) groups is 2. The van der Waals surface area contributed by atoms with Crippen molar-refractivity contribution in [3.8, 4) is 0 Å². The van der Waals surface area contributed by atoms with E-state index in [4.69, 9.17) is 0 Å². The van der Waals surface area contributed by atoms with Gasteiger partial charge in [0.2, 0.25) is 0 Å². The number of rotatable bonds is 3. The van der Waals surface area contributed by atoms with Crippen LogP contribution >= 0.6 is 0 Å². The Balaban J connectivity index is 2.24. The second-order valence-corrected chi connectivity index (χ2v) is 4.14. The van der Waals surface area contributed by atoms with E-state index >= 15 is 0 Å². The van der Waals surface area contributed by atoms with E-state index in [9.17, 15) is 14.0 Å². The normalized spacial score (nSPS) is 10.2. The summed E-state index contributed by atoms with van der Waals surface area (Å²) in [5.74, 6) is -1.84. The van der Waals surface area contributed by atoms with Crippen LogP contribution < -0.4 is 5.32 Å². The van der Waals surface area contributed by atoms with Gasteiger partial charge in [-0.15, -0.1) is 0 Å². The average Bonchev–Trinajstić information content (AvgIpc) is 2.86. The molecule has 2 aromatic rings. The Labute approximate surface area is 115 Å². The van der Waals surface area contributed by atoms with Gasteiger partial charge in [-0.2, -0.15) is 0 Å². The molecule has 1 N–H and O–H groups in total. The van der Waals surface area contributed by atoms with Gasteiger partial charge in [0, 0.05) is 18.9 Å². The van der Waals surface area contributed by atoms with Crippen molar-refractivity contribution in [3.63, 3.8) is 0 Å². The van der Waals surface area contributed by atoms with Crippen LogP contribution in [0.4, 0.5) is 10.1 Å². The first-order chi connectivity index (χ1) is 9.52. The summed E-state index contributed by atoms with van der Waals surface area (Å²) in [4.78, 5) is 23.4. The molecule has 1 heterocycles. The summed E-state index contributed by atoms with van der Waals surface area (Å²) in [7, 11) is 2.90. The third kappa shape index (κ3) is 2.69. The van der Waals surface area contributed by atoms with Crippen molar-refractivity contribution in [3.05, 3.63) is 53.6 Å². The molecule has 6 heteroatoms. The largest absolute Gasteiger partial charge is 0.465 e. The standard InChI is InChI=1S/C14H13FN2O3/c1-17-7-3-4-12(17)13(18)16-9-5-6-11(15)10(8-9)14(19)20-2/h3-8H,1-2H3,(H,16,18). The predicted molar refractivity (Wildman–Crippen MR) is 71.1 cm³/mol. The predicted octanol–water partition coefficient (Wildman–Crippen LogP) is 2.20. The molecule has 0 atom stereocenters. The SMILES string of the molecule is COC(=O)c1cc(NC(=O)c2cccn2C)ccc1F. The van der Waals surface area contributed by atoms with Gasteiger partial charge in [0.15, 0.2) is 0 Å². The number of ether oxygens (including phenoxy) is 1. The topological polar surface area (TPSA) is 60.3 Å². The number of amides is 1. The summed E-state index contributed by atoms with van der Waals surface area (Å²) in [6.45, 7) is 0. The summed E-state index contributed by atoms with van der Waals surface area (Å²) in [6.07, 6.45) is 1.74. The molecule has 0 aliphatic heterocycles. The highest BCUT2D eigenvalue weighted by Crippen LogP contribution is 2.16. The van der Waals surface area contributed by atoms with Gasteiger partial charge in [-0.3, -0.25) is 4.79 Å². The van der Waals surface area contributed by atoms with Gasteiger partial charge in [-0.1, -0.05) is 0 Å². The van der Waals surface area contributed by atoms with E-state index in [1.165, 1.54) is 12.1 Å². The molecule has 1 aromatic carbocycles. The first-order valence-electron chi connectivity index (χ1n) is 5.83. The van der Waals surface area contributed by atoms with Gasteiger partial charge >= 0.3 is 5.97 Å². The summed E-state index contributed by atoms with van der Waals surface area (Å²) < 4.78 is 19.6. The fourth-order valence-corrected chi connectivity index (χ4v) is 1.76. The lowest BCUT2D eigenvalue weighted by Gasteiger charge is -2.08. The highest BCUT2D eigenvalue weighted by Gasteiger charge is 2.15. The van der Waals surface area contributed by atoms with E-state index in [0.29, 0.717) is 11.4 Å². The molecule has 0 saturated heterocycles. The molecule has 104 valence electrons. The van der Waals surface area contributed by atoms with E-state index in [2.05, 4.69) is 10.1 Å². The molecular weight excluding hydrogens is 263 g/mol. The minimum absolute atomic E-state index is 0.225. The van der Waals surface area contributed by atoms with Gasteiger partial charge in [0.1, 0.15) is 11.5 Å². The van der Waals surface area contributed by atoms with E-state index in [1.807, 2.05) is 0 Å². The fraction of sp³-hybridized carbons (Fsp3) is 0.143. The molecule has 0 aliphatic carbocycles. The number of hydrogen-bond acceptors (Lipinski definition) is 3. The smallest absolute Gasteiger partial charge is 0.340 e. The molecule has 5 nitrogen and oxygen atoms in total. The van der Waals surface area contributed by atoms with Crippen LogP contribution in [0.5, 0.6) is 0 Å². The Morgan fingerprint density at radius 2 is 2.05 bits per heavy atom. The number of carbonyl (C=O) groups excluding carboxylic acids is 2. The van der Waals surface area contributed by atoms with E-state index < -0.39 is 11.8 Å². The number of hydrogen-bond donors (Lipinski definition) is 1. The van der Waals surface area contributed by atoms with Crippen molar-refractivity contribution in [2.75, 3.05) is 12.4 Å². The molecule has 0 spiro atoms. The van der Waals surface area contributed by atoms with Crippen LogP contribution in [0, 0.1) is 5.82 Å². The summed E-state index contributed by atoms with van der Waals surface area (Å²) in [6, 6.07) is 7.11. The Bertz CT molecular complexity index is 664. The summed E-state index contributed by atoms with van der Waals surface area (Å²) in [5.41, 5.74) is 0.545. The lowest BCUT2D eigenvalue weighted by Crippen LogP contribution is -2.16. The zero-order valence-corrected chi connectivity index (χ0v) is 11.0. The Kier molecular flexibility index (Phi) is 3.84. The summed E-state index contributed by atoms with van der Waals surface area (Å²) in [5, 5.41) is 2.60. The molecule has 0 saturated carbocycles. The van der Waals surface area contributed by atoms with Crippen molar-refractivity contribution in [1.29, 1.82) is 0 Å². The molecule has 0 aliphatic rings. The molecule has 1 amide bonds. The van der Waals surface area contributed by atoms with Gasteiger partial charge in [0.25, 0.3) is 5.91 Å². The monoisotopic (exact) mass is 276 g/mol. The maximum absolute atomic E-state index is 13.5. The zero-order valence-electron chi connectivity index (χ0n) is 11.0. The second kappa shape index (κ2) is 5.56. The van der Waals surface area contributed by atoms with Crippen LogP contribution in [0.25, 0.3) is 0 Å². The Morgan fingerprint density at radius 1 is 1.30 bits per heavy atom. The van der Waals surface area contributed by atoms with Gasteiger partial charge in [-0.05, 0) is 30.3 Å². The van der Waals surface area contributed by atoms with Gasteiger partial charge in [-0.25, -0.2) is 9.18 Å². The molecule has 0 radical (unpaired) electrons. The quantitative estimate of drug-likeness (QED) is 0.874. The minimum atomic E-state index is -0.794. The zero-order chi connectivity index (χ0) is 14.7. The van der Waals surface area contributed by atoms with Crippen LogP contribution in [0.1, 0.15) is 20.8 Å². The first-order valence-corrected chi connectivity index (χ1v) is 5.83. The highest BCUT2D eigenvalue weighted by atomic mass is 19.1. The molecule has 0 unspecified atom stereocenters. The minimum Gasteiger partial charge on any atom is -0.465 e. The number of aryl methyl sites for hydroxylation is 1. The average molecular weight is 276 g/mol. The fourth-order valence-electron chi connectivity index (χ4n) is 1.76. The number of nitrogens with one attached hydrogen (secondary N) is 1. The molecule has 2 rings (SSSR count). The molecule has 1 aromatic heterocycles. The highest BCUT2D eigenvalue weighted by molar-refractivity contribution is 6.03. The number of esters is 1. The number of aromatic nitrogens is 1. The molecular formula is C14H13FN2O3. The third-order valence-electron chi connectivity index (χ3n) is 2.81. The number of halogens is 1. The number of benzene rings is 1. The second-order valence-electron chi connectivity index (χ2n) is 4.14. The molecule has 0 bridgehead atoms. The van der Waals surface area contributed by atoms with Crippen molar-refractivity contribution in [1.82, 2.24) is 4.57 Å². The van der Waals surface area contributed by atoms with Crippen LogP contribution in [-0.2, 0) is 11.8 Å². The van der Waals surface area contributed by atoms with Crippen molar-refractivity contribution >= 4 is 17.6 Å². The number of nitrogens with zero attached hydrogens (tertiary/aromatic N) is 1. The Morgan fingerprint density at radius 3 is 2.65 bits per heavy atom. The van der Waals surface area contributed by atoms with Crippen molar-refractivity contribution in [2.45, 2.75) is 0 Å². The van der Waals surface area contributed by atoms with Crippen molar-refractivity contribution in [2.24, 2.45) is 7.05 Å². The lowest BCUT2D eigenvalue weighted by atomic mass is 10.2. The van der Waals surface area contributed by atoms with Crippen LogP contribution in [0.15, 0.2) is 36.5 Å².